The van der Waals surface area contributed by atoms with Crippen molar-refractivity contribution in [1.29, 1.82) is 0 Å². The number of hydrogen-bond donors (Lipinski definition) is 2. The first kappa shape index (κ1) is 20.4. The molecule has 0 saturated carbocycles. The first-order valence-electron chi connectivity index (χ1n) is 11.0. The van der Waals surface area contributed by atoms with Crippen molar-refractivity contribution in [3.05, 3.63) is 54.0 Å². The largest absolute Gasteiger partial charge is 0.459 e. The van der Waals surface area contributed by atoms with Gasteiger partial charge in [-0.25, -0.2) is 4.98 Å². The summed E-state index contributed by atoms with van der Waals surface area (Å²) >= 11 is 0. The number of ether oxygens (including phenoxy) is 1. The molecule has 0 aliphatic carbocycles. The summed E-state index contributed by atoms with van der Waals surface area (Å²) in [5, 5.41) is 11.3. The van der Waals surface area contributed by atoms with E-state index in [0.717, 1.165) is 48.3 Å². The van der Waals surface area contributed by atoms with Gasteiger partial charge in [0.05, 0.1) is 12.4 Å². The van der Waals surface area contributed by atoms with Gasteiger partial charge in [-0.05, 0) is 36.9 Å². The van der Waals surface area contributed by atoms with E-state index >= 15 is 0 Å². The second-order valence-corrected chi connectivity index (χ2v) is 8.25. The minimum atomic E-state index is 0.0650. The standard InChI is InChI=1S/C23H27N7O2/c1-15(2)19-14-27-30-20(19)28-23(32-17-7-5-9-24-13-17)29-22(30)26-12-16-6-3-4-8-18(16)21-25-10-11-31-21/h3-4,6,8,10-11,14-15,17,24H,5,7,9,12-13H2,1-2H3,(H,26,28,29). The third-order valence-electron chi connectivity index (χ3n) is 5.64. The summed E-state index contributed by atoms with van der Waals surface area (Å²) in [7, 11) is 0. The Kier molecular flexibility index (Phi) is 5.72. The van der Waals surface area contributed by atoms with Gasteiger partial charge in [-0.1, -0.05) is 32.0 Å². The molecule has 0 spiro atoms. The first-order valence-corrected chi connectivity index (χ1v) is 11.0. The highest BCUT2D eigenvalue weighted by atomic mass is 16.5. The van der Waals surface area contributed by atoms with Gasteiger partial charge in [-0.2, -0.15) is 19.6 Å². The number of nitrogens with one attached hydrogen (secondary N) is 2. The summed E-state index contributed by atoms with van der Waals surface area (Å²) in [6, 6.07) is 8.37. The van der Waals surface area contributed by atoms with E-state index in [1.165, 1.54) is 0 Å². The SMILES string of the molecule is CC(C)c1cnn2c(NCc3ccccc3-c3ncco3)nc(OC3CCCNC3)nc12. The normalized spacial score (nSPS) is 16.5. The zero-order valence-corrected chi connectivity index (χ0v) is 18.3. The van der Waals surface area contributed by atoms with Crippen LogP contribution >= 0.6 is 0 Å². The van der Waals surface area contributed by atoms with Crippen LogP contribution in [0.5, 0.6) is 6.01 Å². The molecule has 1 saturated heterocycles. The van der Waals surface area contributed by atoms with E-state index in [1.807, 2.05) is 30.5 Å². The Morgan fingerprint density at radius 1 is 1.28 bits per heavy atom. The monoisotopic (exact) mass is 433 g/mol. The number of fused-ring (bicyclic) bond motifs is 1. The van der Waals surface area contributed by atoms with Crippen molar-refractivity contribution in [1.82, 2.24) is 29.9 Å². The molecular formula is C23H27N7O2. The van der Waals surface area contributed by atoms with E-state index in [-0.39, 0.29) is 12.0 Å². The van der Waals surface area contributed by atoms with Crippen molar-refractivity contribution in [2.75, 3.05) is 18.4 Å². The Labute approximate surface area is 186 Å². The lowest BCUT2D eigenvalue weighted by atomic mass is 10.1. The second-order valence-electron chi connectivity index (χ2n) is 8.25. The van der Waals surface area contributed by atoms with Crippen LogP contribution in [0, 0.1) is 0 Å². The van der Waals surface area contributed by atoms with Crippen molar-refractivity contribution in [2.45, 2.75) is 45.3 Å². The van der Waals surface area contributed by atoms with E-state index in [2.05, 4.69) is 39.5 Å². The highest BCUT2D eigenvalue weighted by Crippen LogP contribution is 2.26. The average molecular weight is 434 g/mol. The van der Waals surface area contributed by atoms with Gasteiger partial charge in [-0.3, -0.25) is 0 Å². The lowest BCUT2D eigenvalue weighted by Gasteiger charge is -2.23. The summed E-state index contributed by atoms with van der Waals surface area (Å²) in [6.07, 6.45) is 7.22. The number of rotatable bonds is 7. The molecule has 1 fully saturated rings. The molecule has 1 aliphatic heterocycles. The van der Waals surface area contributed by atoms with Gasteiger partial charge in [0.2, 0.25) is 11.8 Å². The number of nitrogens with zero attached hydrogens (tertiary/aromatic N) is 5. The third kappa shape index (κ3) is 4.16. The summed E-state index contributed by atoms with van der Waals surface area (Å²) in [5.41, 5.74) is 3.79. The van der Waals surface area contributed by atoms with Crippen LogP contribution in [0.3, 0.4) is 0 Å². The van der Waals surface area contributed by atoms with Gasteiger partial charge in [0.25, 0.3) is 0 Å². The summed E-state index contributed by atoms with van der Waals surface area (Å²) < 4.78 is 13.4. The fourth-order valence-corrected chi connectivity index (χ4v) is 3.93. The van der Waals surface area contributed by atoms with Crippen LogP contribution in [-0.2, 0) is 6.54 Å². The predicted octanol–water partition coefficient (Wildman–Crippen LogP) is 3.65. The maximum absolute atomic E-state index is 6.15. The maximum atomic E-state index is 6.15. The fourth-order valence-electron chi connectivity index (χ4n) is 3.93. The van der Waals surface area contributed by atoms with E-state index in [1.54, 1.807) is 17.0 Å². The second kappa shape index (κ2) is 8.96. The van der Waals surface area contributed by atoms with Crippen LogP contribution in [-0.4, -0.2) is 43.8 Å². The molecule has 1 aliphatic rings. The Balaban J connectivity index is 1.46. The number of oxazole rings is 1. The number of piperidine rings is 1. The van der Waals surface area contributed by atoms with Crippen LogP contribution in [0.4, 0.5) is 5.95 Å². The van der Waals surface area contributed by atoms with Crippen LogP contribution < -0.4 is 15.4 Å². The van der Waals surface area contributed by atoms with E-state index < -0.39 is 0 Å². The minimum Gasteiger partial charge on any atom is -0.459 e. The molecule has 4 aromatic rings. The van der Waals surface area contributed by atoms with Crippen LogP contribution in [0.15, 0.2) is 47.3 Å². The summed E-state index contributed by atoms with van der Waals surface area (Å²) in [6.45, 7) is 6.61. The maximum Gasteiger partial charge on any atom is 0.322 e. The smallest absolute Gasteiger partial charge is 0.322 e. The molecule has 0 radical (unpaired) electrons. The van der Waals surface area contributed by atoms with Gasteiger partial charge in [0.1, 0.15) is 12.4 Å². The molecule has 9 nitrogen and oxygen atoms in total. The van der Waals surface area contributed by atoms with Gasteiger partial charge < -0.3 is 19.8 Å². The molecular weight excluding hydrogens is 406 g/mol. The Bertz CT molecular complexity index is 1180. The van der Waals surface area contributed by atoms with Crippen molar-refractivity contribution < 1.29 is 9.15 Å². The Morgan fingerprint density at radius 2 is 2.19 bits per heavy atom. The van der Waals surface area contributed by atoms with Crippen molar-refractivity contribution >= 4 is 11.6 Å². The molecule has 1 aromatic carbocycles. The van der Waals surface area contributed by atoms with E-state index in [0.29, 0.717) is 24.4 Å². The third-order valence-corrected chi connectivity index (χ3v) is 5.64. The molecule has 3 aromatic heterocycles. The van der Waals surface area contributed by atoms with E-state index in [4.69, 9.17) is 14.1 Å². The van der Waals surface area contributed by atoms with E-state index in [9.17, 15) is 0 Å². The molecule has 0 bridgehead atoms. The molecule has 1 unspecified atom stereocenters. The van der Waals surface area contributed by atoms with Crippen LogP contribution in [0.1, 0.15) is 43.7 Å². The van der Waals surface area contributed by atoms with Gasteiger partial charge in [-0.15, -0.1) is 0 Å². The number of anilines is 1. The van der Waals surface area contributed by atoms with Crippen molar-refractivity contribution in [3.63, 3.8) is 0 Å². The van der Waals surface area contributed by atoms with Gasteiger partial charge in [0, 0.05) is 24.2 Å². The number of hydrogen-bond acceptors (Lipinski definition) is 8. The number of aromatic nitrogens is 5. The molecule has 32 heavy (non-hydrogen) atoms. The molecule has 9 heteroatoms. The zero-order valence-electron chi connectivity index (χ0n) is 18.3. The van der Waals surface area contributed by atoms with Crippen LogP contribution in [0.25, 0.3) is 17.1 Å². The molecule has 166 valence electrons. The average Bonchev–Trinajstić information content (AvgIpc) is 3.49. The lowest BCUT2D eigenvalue weighted by molar-refractivity contribution is 0.153. The highest BCUT2D eigenvalue weighted by molar-refractivity contribution is 5.59. The topological polar surface area (TPSA) is 102 Å². The summed E-state index contributed by atoms with van der Waals surface area (Å²) in [5.74, 6) is 1.46. The van der Waals surface area contributed by atoms with Gasteiger partial charge in [0.15, 0.2) is 5.65 Å². The summed E-state index contributed by atoms with van der Waals surface area (Å²) in [4.78, 5) is 13.7. The highest BCUT2D eigenvalue weighted by Gasteiger charge is 2.20. The van der Waals surface area contributed by atoms with Crippen molar-refractivity contribution in [2.24, 2.45) is 0 Å². The fraction of sp³-hybridized carbons (Fsp3) is 0.391. The first-order chi connectivity index (χ1) is 15.7. The van der Waals surface area contributed by atoms with Crippen LogP contribution in [0.2, 0.25) is 0 Å². The molecule has 0 amide bonds. The molecule has 5 rings (SSSR count). The molecule has 2 N–H and O–H groups in total. The Morgan fingerprint density at radius 3 is 2.97 bits per heavy atom. The quantitative estimate of drug-likeness (QED) is 0.455. The lowest BCUT2D eigenvalue weighted by Crippen LogP contribution is -2.37. The zero-order chi connectivity index (χ0) is 21.9. The molecule has 1 atom stereocenters. The Hall–Kier alpha value is -3.46. The van der Waals surface area contributed by atoms with Crippen molar-refractivity contribution in [3.8, 4) is 17.5 Å². The van der Waals surface area contributed by atoms with Gasteiger partial charge >= 0.3 is 6.01 Å². The predicted molar refractivity (Wildman–Crippen MR) is 121 cm³/mol. The number of benzene rings is 1. The molecule has 4 heterocycles. The minimum absolute atomic E-state index is 0.0650.